The highest BCUT2D eigenvalue weighted by Crippen LogP contribution is 2.19. The van der Waals surface area contributed by atoms with Crippen molar-refractivity contribution in [3.05, 3.63) is 59.9 Å². The molecule has 23 heavy (non-hydrogen) atoms. The third-order valence-corrected chi connectivity index (χ3v) is 4.11. The quantitative estimate of drug-likeness (QED) is 0.718. The molecule has 1 aromatic carbocycles. The van der Waals surface area contributed by atoms with E-state index in [2.05, 4.69) is 19.9 Å². The van der Waals surface area contributed by atoms with Gasteiger partial charge in [0.2, 0.25) is 0 Å². The van der Waals surface area contributed by atoms with Crippen LogP contribution in [0.2, 0.25) is 0 Å². The average Bonchev–Trinajstić information content (AvgIpc) is 3.24. The van der Waals surface area contributed by atoms with Gasteiger partial charge in [-0.2, -0.15) is 5.10 Å². The van der Waals surface area contributed by atoms with Crippen molar-refractivity contribution in [1.29, 1.82) is 0 Å². The number of para-hydroxylation sites is 1. The van der Waals surface area contributed by atoms with Crippen LogP contribution < -0.4 is 0 Å². The van der Waals surface area contributed by atoms with Gasteiger partial charge >= 0.3 is 0 Å². The van der Waals surface area contributed by atoms with Gasteiger partial charge in [0.1, 0.15) is 5.82 Å². The molecule has 0 fully saturated rings. The molecule has 3 heterocycles. The largest absolute Gasteiger partial charge is 0.329 e. The second-order valence-electron chi connectivity index (χ2n) is 5.51. The van der Waals surface area contributed by atoms with Crippen LogP contribution in [0.15, 0.2) is 42.7 Å². The first-order valence-corrected chi connectivity index (χ1v) is 7.51. The molecule has 7 heteroatoms. The summed E-state index contributed by atoms with van der Waals surface area (Å²) in [4.78, 5) is 14.8. The van der Waals surface area contributed by atoms with Crippen LogP contribution in [0.3, 0.4) is 0 Å². The molecule has 1 aliphatic heterocycles. The Morgan fingerprint density at radius 2 is 2.00 bits per heavy atom. The zero-order valence-corrected chi connectivity index (χ0v) is 12.8. The number of carbonyl (C=O) groups excluding carboxylic acids is 1. The lowest BCUT2D eigenvalue weighted by Crippen LogP contribution is -2.39. The van der Waals surface area contributed by atoms with Crippen molar-refractivity contribution < 1.29 is 4.79 Å². The minimum absolute atomic E-state index is 0.0111. The van der Waals surface area contributed by atoms with Gasteiger partial charge in [0.15, 0.2) is 5.82 Å². The lowest BCUT2D eigenvalue weighted by atomic mass is 10.1. The Labute approximate surface area is 133 Å². The van der Waals surface area contributed by atoms with E-state index in [0.29, 0.717) is 18.7 Å². The zero-order valence-electron chi connectivity index (χ0n) is 12.8. The highest BCUT2D eigenvalue weighted by Gasteiger charge is 2.25. The molecule has 2 aromatic heterocycles. The van der Waals surface area contributed by atoms with E-state index >= 15 is 0 Å². The molecule has 116 valence electrons. The van der Waals surface area contributed by atoms with Crippen molar-refractivity contribution in [1.82, 2.24) is 29.4 Å². The topological polar surface area (TPSA) is 68.8 Å². The highest BCUT2D eigenvalue weighted by atomic mass is 16.2. The molecule has 0 saturated heterocycles. The van der Waals surface area contributed by atoms with Crippen LogP contribution in [0.25, 0.3) is 5.69 Å². The van der Waals surface area contributed by atoms with E-state index in [9.17, 15) is 4.79 Å². The minimum atomic E-state index is -0.0111. The molecule has 0 unspecified atom stereocenters. The number of hydrogen-bond acceptors (Lipinski definition) is 4. The van der Waals surface area contributed by atoms with Crippen molar-refractivity contribution in [2.24, 2.45) is 0 Å². The van der Waals surface area contributed by atoms with Crippen LogP contribution in [0.1, 0.15) is 22.0 Å². The van der Waals surface area contributed by atoms with Gasteiger partial charge in [-0.3, -0.25) is 4.79 Å². The van der Waals surface area contributed by atoms with Crippen molar-refractivity contribution in [2.45, 2.75) is 20.0 Å². The molecule has 0 spiro atoms. The number of benzene rings is 1. The maximum absolute atomic E-state index is 13.0. The molecule has 0 bridgehead atoms. The fraction of sp³-hybridized carbons (Fsp3) is 0.250. The summed E-state index contributed by atoms with van der Waals surface area (Å²) in [5, 5.41) is 12.5. The number of fused-ring (bicyclic) bond motifs is 1. The van der Waals surface area contributed by atoms with E-state index in [1.165, 1.54) is 0 Å². The minimum Gasteiger partial charge on any atom is -0.329 e. The Balaban J connectivity index is 1.66. The van der Waals surface area contributed by atoms with Gasteiger partial charge < -0.3 is 9.47 Å². The average molecular weight is 308 g/mol. The molecule has 0 radical (unpaired) electrons. The lowest BCUT2D eigenvalue weighted by molar-refractivity contribution is 0.0706. The summed E-state index contributed by atoms with van der Waals surface area (Å²) in [7, 11) is 0. The van der Waals surface area contributed by atoms with E-state index in [-0.39, 0.29) is 5.91 Å². The lowest BCUT2D eigenvalue weighted by Gasteiger charge is -2.28. The second-order valence-corrected chi connectivity index (χ2v) is 5.51. The van der Waals surface area contributed by atoms with Crippen molar-refractivity contribution in [3.63, 3.8) is 0 Å². The number of aryl methyl sites for hydroxylation is 1. The molecule has 0 saturated carbocycles. The molecule has 1 amide bonds. The first kappa shape index (κ1) is 13.7. The van der Waals surface area contributed by atoms with Gasteiger partial charge in [-0.15, -0.1) is 10.2 Å². The second kappa shape index (κ2) is 5.35. The van der Waals surface area contributed by atoms with Crippen LogP contribution >= 0.6 is 0 Å². The summed E-state index contributed by atoms with van der Waals surface area (Å²) in [5.41, 5.74) is 1.42. The van der Waals surface area contributed by atoms with Gasteiger partial charge in [-0.05, 0) is 25.1 Å². The van der Waals surface area contributed by atoms with Gasteiger partial charge in [-0.25, -0.2) is 4.68 Å². The van der Waals surface area contributed by atoms with E-state index in [0.717, 1.165) is 23.9 Å². The monoisotopic (exact) mass is 308 g/mol. The van der Waals surface area contributed by atoms with Gasteiger partial charge in [-0.1, -0.05) is 12.1 Å². The molecule has 7 nitrogen and oxygen atoms in total. The predicted molar refractivity (Wildman–Crippen MR) is 83.1 cm³/mol. The first-order chi connectivity index (χ1) is 11.2. The SMILES string of the molecule is Cc1nnc2n1CCN(C(=O)c1ccccc1-n1cccn1)C2. The molecular formula is C16H16N6O. The fourth-order valence-corrected chi connectivity index (χ4v) is 2.91. The van der Waals surface area contributed by atoms with Gasteiger partial charge in [0.05, 0.1) is 17.8 Å². The Kier molecular flexibility index (Phi) is 3.18. The summed E-state index contributed by atoms with van der Waals surface area (Å²) in [5.74, 6) is 1.71. The van der Waals surface area contributed by atoms with Crippen LogP contribution in [-0.4, -0.2) is 41.9 Å². The van der Waals surface area contributed by atoms with Crippen LogP contribution in [0, 0.1) is 6.92 Å². The Hall–Kier alpha value is -2.96. The molecule has 4 rings (SSSR count). The number of amides is 1. The van der Waals surface area contributed by atoms with Crippen molar-refractivity contribution in [3.8, 4) is 5.69 Å². The third-order valence-electron chi connectivity index (χ3n) is 4.11. The van der Waals surface area contributed by atoms with Crippen LogP contribution in [0.4, 0.5) is 0 Å². The Bertz CT molecular complexity index is 851. The maximum Gasteiger partial charge on any atom is 0.256 e. The van der Waals surface area contributed by atoms with Gasteiger partial charge in [0.25, 0.3) is 5.91 Å². The van der Waals surface area contributed by atoms with Crippen molar-refractivity contribution >= 4 is 5.91 Å². The normalized spacial score (nSPS) is 13.9. The van der Waals surface area contributed by atoms with Crippen LogP contribution in [-0.2, 0) is 13.1 Å². The number of nitrogens with zero attached hydrogens (tertiary/aromatic N) is 6. The number of rotatable bonds is 2. The summed E-state index contributed by atoms with van der Waals surface area (Å²) < 4.78 is 3.77. The molecule has 3 aromatic rings. The molecule has 0 N–H and O–H groups in total. The molecule has 0 aliphatic carbocycles. The number of carbonyl (C=O) groups is 1. The van der Waals surface area contributed by atoms with Crippen LogP contribution in [0.5, 0.6) is 0 Å². The summed E-state index contributed by atoms with van der Waals surface area (Å²) >= 11 is 0. The Morgan fingerprint density at radius 1 is 1.13 bits per heavy atom. The number of aromatic nitrogens is 5. The molecular weight excluding hydrogens is 292 g/mol. The first-order valence-electron chi connectivity index (χ1n) is 7.51. The standard InChI is InChI=1S/C16H16N6O/c1-12-18-19-15-11-20(9-10-21(12)15)16(23)13-5-2-3-6-14(13)22-8-4-7-17-22/h2-8H,9-11H2,1H3. The Morgan fingerprint density at radius 3 is 2.83 bits per heavy atom. The summed E-state index contributed by atoms with van der Waals surface area (Å²) in [6.07, 6.45) is 3.54. The molecule has 1 aliphatic rings. The van der Waals surface area contributed by atoms with Gasteiger partial charge in [0, 0.05) is 25.5 Å². The smallest absolute Gasteiger partial charge is 0.256 e. The van der Waals surface area contributed by atoms with E-state index in [1.807, 2.05) is 48.4 Å². The predicted octanol–water partition coefficient (Wildman–Crippen LogP) is 1.43. The number of hydrogen-bond donors (Lipinski definition) is 0. The summed E-state index contributed by atoms with van der Waals surface area (Å²) in [6.45, 7) is 3.79. The highest BCUT2D eigenvalue weighted by molar-refractivity contribution is 5.97. The van der Waals surface area contributed by atoms with E-state index in [4.69, 9.17) is 0 Å². The van der Waals surface area contributed by atoms with E-state index in [1.54, 1.807) is 10.9 Å². The fourth-order valence-electron chi connectivity index (χ4n) is 2.91. The maximum atomic E-state index is 13.0. The summed E-state index contributed by atoms with van der Waals surface area (Å²) in [6, 6.07) is 9.36. The zero-order chi connectivity index (χ0) is 15.8. The molecule has 0 atom stereocenters. The van der Waals surface area contributed by atoms with Crippen molar-refractivity contribution in [2.75, 3.05) is 6.54 Å². The van der Waals surface area contributed by atoms with E-state index < -0.39 is 0 Å². The third kappa shape index (κ3) is 2.30.